The molecule has 1 rings (SSSR count). The Labute approximate surface area is 125 Å². The average Bonchev–Trinajstić information content (AvgIpc) is 2.42. The van der Waals surface area contributed by atoms with Gasteiger partial charge in [0.1, 0.15) is 0 Å². The van der Waals surface area contributed by atoms with Gasteiger partial charge in [-0.25, -0.2) is 0 Å². The van der Waals surface area contributed by atoms with Crippen molar-refractivity contribution in [3.05, 3.63) is 42.5 Å². The molecule has 0 unspecified atom stereocenters. The Kier molecular flexibility index (Phi) is 6.11. The summed E-state index contributed by atoms with van der Waals surface area (Å²) in [5.41, 5.74) is 1.10. The first-order chi connectivity index (χ1) is 9.81. The number of carbonyl (C=O) groups excluding carboxylic acids is 2. The molecule has 5 nitrogen and oxygen atoms in total. The smallest absolute Gasteiger partial charge is 0.251 e. The van der Waals surface area contributed by atoms with Crippen molar-refractivity contribution in [1.82, 2.24) is 10.6 Å². The molecule has 0 spiro atoms. The molecule has 2 amide bonds. The lowest BCUT2D eigenvalue weighted by Gasteiger charge is -2.20. The summed E-state index contributed by atoms with van der Waals surface area (Å²) in [6.45, 7) is 10.2. The van der Waals surface area contributed by atoms with E-state index in [1.165, 1.54) is 0 Å². The summed E-state index contributed by atoms with van der Waals surface area (Å²) in [4.78, 5) is 23.4. The van der Waals surface area contributed by atoms with Crippen LogP contribution in [0.4, 0.5) is 5.69 Å². The number of amides is 2. The summed E-state index contributed by atoms with van der Waals surface area (Å²) >= 11 is 0. The van der Waals surface area contributed by atoms with E-state index in [1.54, 1.807) is 30.3 Å². The third-order valence-electron chi connectivity index (χ3n) is 2.62. The Hall–Kier alpha value is -2.14. The number of carbonyl (C=O) groups is 2. The zero-order valence-electron chi connectivity index (χ0n) is 12.8. The van der Waals surface area contributed by atoms with Gasteiger partial charge in [0.15, 0.2) is 0 Å². The second-order valence-electron chi connectivity index (χ2n) is 5.73. The summed E-state index contributed by atoms with van der Waals surface area (Å²) in [7, 11) is 0. The predicted octanol–water partition coefficient (Wildman–Crippen LogP) is 1.93. The van der Waals surface area contributed by atoms with Gasteiger partial charge in [-0.05, 0) is 45.0 Å². The molecule has 0 radical (unpaired) electrons. The largest absolute Gasteiger partial charge is 0.349 e. The normalized spacial score (nSPS) is 10.8. The van der Waals surface area contributed by atoms with Gasteiger partial charge < -0.3 is 16.0 Å². The summed E-state index contributed by atoms with van der Waals surface area (Å²) in [6, 6.07) is 6.76. The Bertz CT molecular complexity index is 501. The van der Waals surface area contributed by atoms with E-state index in [2.05, 4.69) is 22.5 Å². The number of anilines is 1. The molecular weight excluding hydrogens is 266 g/mol. The number of hydrogen-bond donors (Lipinski definition) is 3. The fourth-order valence-corrected chi connectivity index (χ4v) is 1.52. The van der Waals surface area contributed by atoms with Crippen LogP contribution in [0.3, 0.4) is 0 Å². The maximum Gasteiger partial charge on any atom is 0.251 e. The molecule has 0 fully saturated rings. The zero-order valence-corrected chi connectivity index (χ0v) is 12.8. The minimum atomic E-state index is -0.165. The lowest BCUT2D eigenvalue weighted by molar-refractivity contribution is -0.115. The molecule has 0 atom stereocenters. The van der Waals surface area contributed by atoms with E-state index < -0.39 is 0 Å². The van der Waals surface area contributed by atoms with Crippen molar-refractivity contribution in [2.45, 2.75) is 26.3 Å². The molecule has 5 heteroatoms. The molecule has 0 aliphatic heterocycles. The van der Waals surface area contributed by atoms with E-state index in [1.807, 2.05) is 20.8 Å². The molecule has 0 saturated carbocycles. The first kappa shape index (κ1) is 16.9. The van der Waals surface area contributed by atoms with Gasteiger partial charge in [0.2, 0.25) is 5.91 Å². The minimum Gasteiger partial charge on any atom is -0.349 e. The molecule has 0 heterocycles. The summed E-state index contributed by atoms with van der Waals surface area (Å²) < 4.78 is 0. The quantitative estimate of drug-likeness (QED) is 0.701. The van der Waals surface area contributed by atoms with Crippen LogP contribution in [-0.4, -0.2) is 30.4 Å². The van der Waals surface area contributed by atoms with Crippen LogP contribution in [-0.2, 0) is 4.79 Å². The second kappa shape index (κ2) is 7.59. The monoisotopic (exact) mass is 289 g/mol. The molecule has 114 valence electrons. The minimum absolute atomic E-state index is 0.107. The molecule has 0 aromatic heterocycles. The summed E-state index contributed by atoms with van der Waals surface area (Å²) in [5, 5.41) is 8.58. The Morgan fingerprint density at radius 2 is 1.81 bits per heavy atom. The van der Waals surface area contributed by atoms with Gasteiger partial charge in [-0.2, -0.15) is 0 Å². The highest BCUT2D eigenvalue weighted by Gasteiger charge is 2.11. The van der Waals surface area contributed by atoms with E-state index >= 15 is 0 Å². The van der Waals surface area contributed by atoms with Crippen LogP contribution in [0.15, 0.2) is 36.9 Å². The van der Waals surface area contributed by atoms with Crippen molar-refractivity contribution in [1.29, 1.82) is 0 Å². The standard InChI is InChI=1S/C16H23N3O2/c1-5-10-17-15(21)12-6-8-13(9-7-12)19-14(20)11-18-16(2,3)4/h5-9,18H,1,10-11H2,2-4H3,(H,17,21)(H,19,20). The predicted molar refractivity (Wildman–Crippen MR) is 85.4 cm³/mol. The summed E-state index contributed by atoms with van der Waals surface area (Å²) in [5.74, 6) is -0.282. The van der Waals surface area contributed by atoms with Gasteiger partial charge in [-0.15, -0.1) is 6.58 Å². The highest BCUT2D eigenvalue weighted by Crippen LogP contribution is 2.09. The fraction of sp³-hybridized carbons (Fsp3) is 0.375. The highest BCUT2D eigenvalue weighted by molar-refractivity contribution is 5.96. The second-order valence-corrected chi connectivity index (χ2v) is 5.73. The van der Waals surface area contributed by atoms with Crippen molar-refractivity contribution >= 4 is 17.5 Å². The van der Waals surface area contributed by atoms with Gasteiger partial charge in [0.25, 0.3) is 5.91 Å². The van der Waals surface area contributed by atoms with Crippen LogP contribution in [0, 0.1) is 0 Å². The highest BCUT2D eigenvalue weighted by atomic mass is 16.2. The van der Waals surface area contributed by atoms with E-state index in [4.69, 9.17) is 0 Å². The van der Waals surface area contributed by atoms with Crippen LogP contribution in [0.25, 0.3) is 0 Å². The van der Waals surface area contributed by atoms with Crippen molar-refractivity contribution in [2.75, 3.05) is 18.4 Å². The molecular formula is C16H23N3O2. The molecule has 0 aliphatic rings. The number of benzene rings is 1. The first-order valence-electron chi connectivity index (χ1n) is 6.86. The van der Waals surface area contributed by atoms with E-state index in [0.29, 0.717) is 17.8 Å². The molecule has 21 heavy (non-hydrogen) atoms. The van der Waals surface area contributed by atoms with Crippen LogP contribution in [0.5, 0.6) is 0 Å². The van der Waals surface area contributed by atoms with E-state index in [9.17, 15) is 9.59 Å². The molecule has 1 aromatic rings. The maximum absolute atomic E-state index is 11.8. The van der Waals surface area contributed by atoms with Gasteiger partial charge >= 0.3 is 0 Å². The first-order valence-corrected chi connectivity index (χ1v) is 6.86. The molecule has 0 saturated heterocycles. The van der Waals surface area contributed by atoms with Gasteiger partial charge in [-0.3, -0.25) is 9.59 Å². The average molecular weight is 289 g/mol. The SMILES string of the molecule is C=CCNC(=O)c1ccc(NC(=O)CNC(C)(C)C)cc1. The van der Waals surface area contributed by atoms with E-state index in [-0.39, 0.29) is 23.9 Å². The lowest BCUT2D eigenvalue weighted by Crippen LogP contribution is -2.41. The third-order valence-corrected chi connectivity index (χ3v) is 2.62. The molecule has 0 bridgehead atoms. The molecule has 3 N–H and O–H groups in total. The maximum atomic E-state index is 11.8. The Morgan fingerprint density at radius 3 is 2.33 bits per heavy atom. The lowest BCUT2D eigenvalue weighted by atomic mass is 10.1. The van der Waals surface area contributed by atoms with Crippen molar-refractivity contribution < 1.29 is 9.59 Å². The number of hydrogen-bond acceptors (Lipinski definition) is 3. The van der Waals surface area contributed by atoms with Crippen LogP contribution < -0.4 is 16.0 Å². The topological polar surface area (TPSA) is 70.2 Å². The van der Waals surface area contributed by atoms with E-state index in [0.717, 1.165) is 0 Å². The Morgan fingerprint density at radius 1 is 1.19 bits per heavy atom. The number of nitrogens with one attached hydrogen (secondary N) is 3. The van der Waals surface area contributed by atoms with Crippen molar-refractivity contribution in [2.24, 2.45) is 0 Å². The van der Waals surface area contributed by atoms with Crippen LogP contribution >= 0.6 is 0 Å². The summed E-state index contributed by atoms with van der Waals surface area (Å²) in [6.07, 6.45) is 1.62. The van der Waals surface area contributed by atoms with Crippen molar-refractivity contribution in [3.63, 3.8) is 0 Å². The van der Waals surface area contributed by atoms with Crippen LogP contribution in [0.2, 0.25) is 0 Å². The van der Waals surface area contributed by atoms with Gasteiger partial charge in [-0.1, -0.05) is 6.08 Å². The van der Waals surface area contributed by atoms with Crippen LogP contribution in [0.1, 0.15) is 31.1 Å². The third kappa shape index (κ3) is 6.72. The Balaban J connectivity index is 2.52. The fourth-order valence-electron chi connectivity index (χ4n) is 1.52. The van der Waals surface area contributed by atoms with Crippen molar-refractivity contribution in [3.8, 4) is 0 Å². The molecule has 1 aromatic carbocycles. The van der Waals surface area contributed by atoms with Gasteiger partial charge in [0, 0.05) is 23.3 Å². The molecule has 0 aliphatic carbocycles. The zero-order chi connectivity index (χ0) is 15.9. The van der Waals surface area contributed by atoms with Gasteiger partial charge in [0.05, 0.1) is 6.54 Å². The number of rotatable bonds is 6.